The Bertz CT molecular complexity index is 454. The molecule has 1 aromatic carbocycles. The second-order valence-corrected chi connectivity index (χ2v) is 3.16. The van der Waals surface area contributed by atoms with Crippen LogP contribution in [0.25, 0.3) is 0 Å². The van der Waals surface area contributed by atoms with E-state index in [1.54, 1.807) is 0 Å². The molecule has 0 radical (unpaired) electrons. The molecule has 2 aromatic rings. The number of nitro groups is 1. The number of aromatic nitrogens is 2. The molecule has 15 heavy (non-hydrogen) atoms. The van der Waals surface area contributed by atoms with Gasteiger partial charge in [-0.3, -0.25) is 10.1 Å². The van der Waals surface area contributed by atoms with Gasteiger partial charge in [-0.05, 0) is 12.1 Å². The third kappa shape index (κ3) is 2.26. The fraction of sp³-hybridized carbons (Fsp3) is 0. The molecule has 1 aromatic heterocycles. The summed E-state index contributed by atoms with van der Waals surface area (Å²) < 4.78 is 12.9. The number of benzene rings is 1. The number of nitrogens with zero attached hydrogens (tertiary/aromatic N) is 3. The molecule has 0 unspecified atom stereocenters. The molecule has 0 amide bonds. The molecule has 0 aliphatic rings. The molecule has 1 heterocycles. The van der Waals surface area contributed by atoms with Crippen molar-refractivity contribution in [3.8, 4) is 11.6 Å². The molecule has 0 saturated carbocycles. The van der Waals surface area contributed by atoms with Crippen LogP contribution in [0.15, 0.2) is 30.5 Å². The zero-order chi connectivity index (χ0) is 10.7. The van der Waals surface area contributed by atoms with Crippen molar-refractivity contribution in [2.24, 2.45) is 0 Å². The maximum absolute atomic E-state index is 10.4. The average molecular weight is 223 g/mol. The van der Waals surface area contributed by atoms with Crippen LogP contribution in [-0.4, -0.2) is 13.7 Å². The quantitative estimate of drug-likeness (QED) is 0.589. The minimum absolute atomic E-state index is 0.0266. The second-order valence-electron chi connectivity index (χ2n) is 2.60. The van der Waals surface area contributed by atoms with Crippen LogP contribution in [0.4, 0.5) is 5.69 Å². The summed E-state index contributed by atoms with van der Waals surface area (Å²) in [6, 6.07) is 5.76. The summed E-state index contributed by atoms with van der Waals surface area (Å²) in [6.45, 7) is 0. The number of nitro benzene ring substituents is 1. The standard InChI is InChI=1S/C8H5N3O3S/c12-11(13)6-1-3-7(4-2-6)14-8-5-9-15-10-8/h1-5H. The third-order valence-electron chi connectivity index (χ3n) is 1.61. The lowest BCUT2D eigenvalue weighted by Crippen LogP contribution is -1.88. The predicted molar refractivity (Wildman–Crippen MR) is 53.1 cm³/mol. The minimum atomic E-state index is -0.464. The summed E-state index contributed by atoms with van der Waals surface area (Å²) in [4.78, 5) is 9.91. The Balaban J connectivity index is 2.14. The summed E-state index contributed by atoms with van der Waals surface area (Å²) in [5, 5.41) is 10.4. The Hall–Kier alpha value is -2.02. The van der Waals surface area contributed by atoms with Crippen LogP contribution < -0.4 is 4.74 Å². The molecule has 7 heteroatoms. The van der Waals surface area contributed by atoms with E-state index in [-0.39, 0.29) is 5.69 Å². The number of hydrogen-bond donors (Lipinski definition) is 0. The fourth-order valence-electron chi connectivity index (χ4n) is 0.958. The maximum Gasteiger partial charge on any atom is 0.269 e. The predicted octanol–water partition coefficient (Wildman–Crippen LogP) is 2.24. The van der Waals surface area contributed by atoms with Gasteiger partial charge in [-0.1, -0.05) is 0 Å². The van der Waals surface area contributed by atoms with Gasteiger partial charge in [-0.25, -0.2) is 0 Å². The first-order valence-corrected chi connectivity index (χ1v) is 4.68. The molecule has 0 spiro atoms. The summed E-state index contributed by atoms with van der Waals surface area (Å²) in [6.07, 6.45) is 1.48. The van der Waals surface area contributed by atoms with Crippen LogP contribution in [0.5, 0.6) is 11.6 Å². The van der Waals surface area contributed by atoms with Gasteiger partial charge >= 0.3 is 0 Å². The van der Waals surface area contributed by atoms with Crippen molar-refractivity contribution < 1.29 is 9.66 Å². The molecule has 0 saturated heterocycles. The number of rotatable bonds is 3. The molecule has 0 N–H and O–H groups in total. The van der Waals surface area contributed by atoms with Gasteiger partial charge in [0.2, 0.25) is 0 Å². The largest absolute Gasteiger partial charge is 0.437 e. The van der Waals surface area contributed by atoms with Crippen molar-refractivity contribution in [1.82, 2.24) is 8.75 Å². The van der Waals surface area contributed by atoms with Crippen LogP contribution in [0.2, 0.25) is 0 Å². The van der Waals surface area contributed by atoms with Crippen LogP contribution in [0.3, 0.4) is 0 Å². The highest BCUT2D eigenvalue weighted by Gasteiger charge is 2.05. The van der Waals surface area contributed by atoms with Crippen molar-refractivity contribution in [2.45, 2.75) is 0 Å². The van der Waals surface area contributed by atoms with Gasteiger partial charge in [-0.2, -0.15) is 4.37 Å². The van der Waals surface area contributed by atoms with E-state index in [9.17, 15) is 10.1 Å². The molecular weight excluding hydrogens is 218 g/mol. The lowest BCUT2D eigenvalue weighted by atomic mass is 10.3. The lowest BCUT2D eigenvalue weighted by Gasteiger charge is -1.99. The minimum Gasteiger partial charge on any atom is -0.437 e. The Kier molecular flexibility index (Phi) is 2.55. The molecule has 0 bridgehead atoms. The maximum atomic E-state index is 10.4. The van der Waals surface area contributed by atoms with Crippen molar-refractivity contribution >= 4 is 17.4 Å². The first-order chi connectivity index (χ1) is 7.25. The Morgan fingerprint density at radius 2 is 2.07 bits per heavy atom. The van der Waals surface area contributed by atoms with E-state index in [1.807, 2.05) is 0 Å². The van der Waals surface area contributed by atoms with Gasteiger partial charge in [0.1, 0.15) is 11.9 Å². The Morgan fingerprint density at radius 3 is 2.60 bits per heavy atom. The Labute approximate surface area is 88.6 Å². The number of non-ortho nitro benzene ring substituents is 1. The zero-order valence-electron chi connectivity index (χ0n) is 7.36. The molecular formula is C8H5N3O3S. The van der Waals surface area contributed by atoms with Crippen LogP contribution >= 0.6 is 11.7 Å². The van der Waals surface area contributed by atoms with E-state index < -0.39 is 4.92 Å². The van der Waals surface area contributed by atoms with E-state index in [2.05, 4.69) is 8.75 Å². The highest BCUT2D eigenvalue weighted by Crippen LogP contribution is 2.22. The van der Waals surface area contributed by atoms with Gasteiger partial charge in [0.15, 0.2) is 0 Å². The molecule has 0 atom stereocenters. The second kappa shape index (κ2) is 4.01. The molecule has 0 aliphatic carbocycles. The van der Waals surface area contributed by atoms with Crippen molar-refractivity contribution in [1.29, 1.82) is 0 Å². The molecule has 2 rings (SSSR count). The third-order valence-corrected chi connectivity index (χ3v) is 2.07. The van der Waals surface area contributed by atoms with Crippen LogP contribution in [0.1, 0.15) is 0 Å². The summed E-state index contributed by atoms with van der Waals surface area (Å²) >= 11 is 1.03. The van der Waals surface area contributed by atoms with Crippen molar-refractivity contribution in [3.63, 3.8) is 0 Å². The molecule has 6 nitrogen and oxygen atoms in total. The van der Waals surface area contributed by atoms with E-state index in [0.717, 1.165) is 11.7 Å². The van der Waals surface area contributed by atoms with Crippen molar-refractivity contribution in [3.05, 3.63) is 40.6 Å². The molecule has 0 aliphatic heterocycles. The molecule has 76 valence electrons. The van der Waals surface area contributed by atoms with E-state index in [0.29, 0.717) is 11.6 Å². The van der Waals surface area contributed by atoms with Gasteiger partial charge in [-0.15, -0.1) is 4.37 Å². The summed E-state index contributed by atoms with van der Waals surface area (Å²) in [7, 11) is 0. The van der Waals surface area contributed by atoms with Gasteiger partial charge in [0.25, 0.3) is 11.6 Å². The van der Waals surface area contributed by atoms with Gasteiger partial charge < -0.3 is 4.74 Å². The van der Waals surface area contributed by atoms with E-state index in [4.69, 9.17) is 4.74 Å². The smallest absolute Gasteiger partial charge is 0.269 e. The fourth-order valence-corrected chi connectivity index (χ4v) is 1.31. The topological polar surface area (TPSA) is 78.2 Å². The SMILES string of the molecule is O=[N+]([O-])c1ccc(Oc2cnsn2)cc1. The van der Waals surface area contributed by atoms with Gasteiger partial charge in [0.05, 0.1) is 16.7 Å². The highest BCUT2D eigenvalue weighted by molar-refractivity contribution is 6.99. The van der Waals surface area contributed by atoms with E-state index in [1.165, 1.54) is 30.5 Å². The summed E-state index contributed by atoms with van der Waals surface area (Å²) in [5.74, 6) is 0.877. The molecule has 0 fully saturated rings. The first-order valence-electron chi connectivity index (χ1n) is 3.95. The number of hydrogen-bond acceptors (Lipinski definition) is 6. The summed E-state index contributed by atoms with van der Waals surface area (Å²) in [5.41, 5.74) is 0.0266. The number of ether oxygens (including phenoxy) is 1. The lowest BCUT2D eigenvalue weighted by molar-refractivity contribution is -0.384. The normalized spacial score (nSPS) is 9.87. The van der Waals surface area contributed by atoms with Crippen LogP contribution in [-0.2, 0) is 0 Å². The average Bonchev–Trinajstić information content (AvgIpc) is 2.71. The van der Waals surface area contributed by atoms with E-state index >= 15 is 0 Å². The van der Waals surface area contributed by atoms with Crippen LogP contribution in [0, 0.1) is 10.1 Å². The first kappa shape index (κ1) is 9.53. The highest BCUT2D eigenvalue weighted by atomic mass is 32.1. The zero-order valence-corrected chi connectivity index (χ0v) is 8.18. The van der Waals surface area contributed by atoms with Gasteiger partial charge in [0, 0.05) is 12.1 Å². The Morgan fingerprint density at radius 1 is 1.33 bits per heavy atom. The van der Waals surface area contributed by atoms with Crippen molar-refractivity contribution in [2.75, 3.05) is 0 Å². The monoisotopic (exact) mass is 223 g/mol.